The Morgan fingerprint density at radius 2 is 1.79 bits per heavy atom. The highest BCUT2D eigenvalue weighted by atomic mass is 16.2. The molecule has 4 heteroatoms. The fourth-order valence-electron chi connectivity index (χ4n) is 4.10. The van der Waals surface area contributed by atoms with Gasteiger partial charge in [0, 0.05) is 5.54 Å². The summed E-state index contributed by atoms with van der Waals surface area (Å²) in [5.41, 5.74) is -0.646. The Morgan fingerprint density at radius 1 is 1.16 bits per heavy atom. The summed E-state index contributed by atoms with van der Waals surface area (Å²) in [4.78, 5) is 27.4. The van der Waals surface area contributed by atoms with E-state index >= 15 is 0 Å². The molecule has 0 aromatic carbocycles. The average molecular weight is 264 g/mol. The molecular weight excluding hydrogens is 240 g/mol. The maximum atomic E-state index is 13.0. The van der Waals surface area contributed by atoms with Gasteiger partial charge in [-0.2, -0.15) is 0 Å². The van der Waals surface area contributed by atoms with Crippen LogP contribution in [0.5, 0.6) is 0 Å². The minimum Gasteiger partial charge on any atom is -0.340 e. The third kappa shape index (κ3) is 1.72. The fourth-order valence-corrected chi connectivity index (χ4v) is 4.10. The molecule has 2 aliphatic carbocycles. The van der Waals surface area contributed by atoms with E-state index in [4.69, 9.17) is 0 Å². The Bertz CT molecular complexity index is 408. The van der Waals surface area contributed by atoms with Crippen molar-refractivity contribution in [2.45, 2.75) is 82.3 Å². The minimum absolute atomic E-state index is 0.0668. The number of rotatable bonds is 2. The Balaban J connectivity index is 1.96. The van der Waals surface area contributed by atoms with Crippen molar-refractivity contribution in [1.29, 1.82) is 0 Å². The van der Waals surface area contributed by atoms with Gasteiger partial charge in [0.1, 0.15) is 11.6 Å². The molecule has 1 heterocycles. The lowest BCUT2D eigenvalue weighted by atomic mass is 9.73. The first-order valence-electron chi connectivity index (χ1n) is 7.68. The largest absolute Gasteiger partial charge is 0.340 e. The first-order valence-corrected chi connectivity index (χ1v) is 7.68. The van der Waals surface area contributed by atoms with E-state index in [9.17, 15) is 9.59 Å². The van der Waals surface area contributed by atoms with Crippen LogP contribution in [0.1, 0.15) is 65.2 Å². The summed E-state index contributed by atoms with van der Waals surface area (Å²) in [6, 6.07) is -0.260. The van der Waals surface area contributed by atoms with Crippen LogP contribution >= 0.6 is 0 Å². The molecule has 106 valence electrons. The molecule has 3 rings (SSSR count). The molecule has 2 amide bonds. The Labute approximate surface area is 114 Å². The van der Waals surface area contributed by atoms with Gasteiger partial charge in [-0.15, -0.1) is 0 Å². The highest BCUT2D eigenvalue weighted by molar-refractivity contribution is 6.00. The van der Waals surface area contributed by atoms with Gasteiger partial charge in [-0.05, 0) is 45.4 Å². The zero-order valence-corrected chi connectivity index (χ0v) is 12.0. The van der Waals surface area contributed by atoms with E-state index in [0.29, 0.717) is 6.42 Å². The maximum Gasteiger partial charge on any atom is 0.249 e. The smallest absolute Gasteiger partial charge is 0.249 e. The molecule has 0 bridgehead atoms. The minimum atomic E-state index is -0.568. The molecule has 3 fully saturated rings. The van der Waals surface area contributed by atoms with Gasteiger partial charge in [0.05, 0.1) is 0 Å². The number of carbonyl (C=O) groups is 2. The van der Waals surface area contributed by atoms with Crippen LogP contribution in [0.2, 0.25) is 0 Å². The number of amides is 2. The SMILES string of the molecule is CCC1C(=O)NC2(CCCC2)C(=O)N1C1(C)CCC1. The number of carbonyl (C=O) groups excluding carboxylic acids is 2. The number of hydrogen-bond acceptors (Lipinski definition) is 2. The van der Waals surface area contributed by atoms with E-state index in [1.165, 1.54) is 6.42 Å². The first kappa shape index (κ1) is 12.9. The van der Waals surface area contributed by atoms with Crippen LogP contribution in [0, 0.1) is 0 Å². The normalized spacial score (nSPS) is 32.3. The quantitative estimate of drug-likeness (QED) is 0.829. The molecule has 1 N–H and O–H groups in total. The first-order chi connectivity index (χ1) is 9.02. The molecule has 1 saturated heterocycles. The number of nitrogens with zero attached hydrogens (tertiary/aromatic N) is 1. The van der Waals surface area contributed by atoms with Crippen molar-refractivity contribution in [1.82, 2.24) is 10.2 Å². The maximum absolute atomic E-state index is 13.0. The van der Waals surface area contributed by atoms with Gasteiger partial charge in [-0.3, -0.25) is 9.59 Å². The molecule has 1 spiro atoms. The van der Waals surface area contributed by atoms with Crippen LogP contribution in [0.15, 0.2) is 0 Å². The molecule has 3 aliphatic rings. The second-order valence-corrected chi connectivity index (χ2v) is 6.73. The molecule has 0 aromatic rings. The van der Waals surface area contributed by atoms with Gasteiger partial charge in [-0.1, -0.05) is 19.8 Å². The monoisotopic (exact) mass is 264 g/mol. The Hall–Kier alpha value is -1.06. The lowest BCUT2D eigenvalue weighted by Crippen LogP contribution is -2.74. The number of piperazine rings is 1. The molecular formula is C15H24N2O2. The lowest BCUT2D eigenvalue weighted by Gasteiger charge is -2.56. The second-order valence-electron chi connectivity index (χ2n) is 6.73. The molecule has 1 aliphatic heterocycles. The van der Waals surface area contributed by atoms with Gasteiger partial charge < -0.3 is 10.2 Å². The topological polar surface area (TPSA) is 49.4 Å². The third-order valence-corrected chi connectivity index (χ3v) is 5.46. The lowest BCUT2D eigenvalue weighted by molar-refractivity contribution is -0.166. The summed E-state index contributed by atoms with van der Waals surface area (Å²) in [6.45, 7) is 4.15. The Morgan fingerprint density at radius 3 is 2.26 bits per heavy atom. The van der Waals surface area contributed by atoms with Gasteiger partial charge >= 0.3 is 0 Å². The molecule has 1 unspecified atom stereocenters. The van der Waals surface area contributed by atoms with Crippen molar-refractivity contribution in [3.05, 3.63) is 0 Å². The molecule has 1 atom stereocenters. The molecule has 4 nitrogen and oxygen atoms in total. The molecule has 19 heavy (non-hydrogen) atoms. The van der Waals surface area contributed by atoms with E-state index in [2.05, 4.69) is 12.2 Å². The highest BCUT2D eigenvalue weighted by Gasteiger charge is 2.57. The van der Waals surface area contributed by atoms with Gasteiger partial charge in [-0.25, -0.2) is 0 Å². The summed E-state index contributed by atoms with van der Waals surface area (Å²) in [5, 5.41) is 3.06. The van der Waals surface area contributed by atoms with E-state index in [-0.39, 0.29) is 23.4 Å². The van der Waals surface area contributed by atoms with Gasteiger partial charge in [0.15, 0.2) is 0 Å². The third-order valence-electron chi connectivity index (χ3n) is 5.46. The van der Waals surface area contributed by atoms with Crippen LogP contribution in [0.4, 0.5) is 0 Å². The van der Waals surface area contributed by atoms with Gasteiger partial charge in [0.2, 0.25) is 11.8 Å². The molecule has 0 radical (unpaired) electrons. The van der Waals surface area contributed by atoms with E-state index in [0.717, 1.165) is 38.5 Å². The van der Waals surface area contributed by atoms with Crippen molar-refractivity contribution in [3.8, 4) is 0 Å². The van der Waals surface area contributed by atoms with Crippen LogP contribution in [0.3, 0.4) is 0 Å². The van der Waals surface area contributed by atoms with Crippen LogP contribution in [-0.4, -0.2) is 33.8 Å². The predicted molar refractivity (Wildman–Crippen MR) is 72.5 cm³/mol. The fraction of sp³-hybridized carbons (Fsp3) is 0.867. The summed E-state index contributed by atoms with van der Waals surface area (Å²) >= 11 is 0. The van der Waals surface area contributed by atoms with Crippen LogP contribution < -0.4 is 5.32 Å². The summed E-state index contributed by atoms with van der Waals surface area (Å²) < 4.78 is 0. The standard InChI is InChI=1S/C15H24N2O2/c1-3-11-12(18)16-15(9-4-5-10-15)13(19)17(11)14(2)7-6-8-14/h11H,3-10H2,1-2H3,(H,16,18). The average Bonchev–Trinajstić information content (AvgIpc) is 2.80. The highest BCUT2D eigenvalue weighted by Crippen LogP contribution is 2.44. The van der Waals surface area contributed by atoms with E-state index in [1.807, 2.05) is 11.8 Å². The van der Waals surface area contributed by atoms with Crippen molar-refractivity contribution >= 4 is 11.8 Å². The van der Waals surface area contributed by atoms with Crippen molar-refractivity contribution in [3.63, 3.8) is 0 Å². The summed E-state index contributed by atoms with van der Waals surface area (Å²) in [7, 11) is 0. The Kier molecular flexibility index (Phi) is 2.88. The second kappa shape index (κ2) is 4.22. The van der Waals surface area contributed by atoms with E-state index in [1.54, 1.807) is 0 Å². The van der Waals surface area contributed by atoms with Crippen molar-refractivity contribution in [2.75, 3.05) is 0 Å². The summed E-state index contributed by atoms with van der Waals surface area (Å²) in [5.74, 6) is 0.260. The zero-order chi connectivity index (χ0) is 13.7. The van der Waals surface area contributed by atoms with E-state index < -0.39 is 5.54 Å². The van der Waals surface area contributed by atoms with Crippen molar-refractivity contribution in [2.24, 2.45) is 0 Å². The van der Waals surface area contributed by atoms with Crippen LogP contribution in [0.25, 0.3) is 0 Å². The number of hydrogen-bond donors (Lipinski definition) is 1. The van der Waals surface area contributed by atoms with Gasteiger partial charge in [0.25, 0.3) is 0 Å². The van der Waals surface area contributed by atoms with Crippen molar-refractivity contribution < 1.29 is 9.59 Å². The molecule has 2 saturated carbocycles. The molecule has 0 aromatic heterocycles. The van der Waals surface area contributed by atoms with Crippen LogP contribution in [-0.2, 0) is 9.59 Å². The summed E-state index contributed by atoms with van der Waals surface area (Å²) in [6.07, 6.45) is 7.70. The zero-order valence-electron chi connectivity index (χ0n) is 12.0. The predicted octanol–water partition coefficient (Wildman–Crippen LogP) is 1.98. The number of nitrogens with one attached hydrogen (secondary N) is 1.